The zero-order chi connectivity index (χ0) is 19.7. The summed E-state index contributed by atoms with van der Waals surface area (Å²) < 4.78 is 1.17. The second-order valence-corrected chi connectivity index (χ2v) is 9.60. The fourth-order valence-electron chi connectivity index (χ4n) is 6.11. The molecular formula is C24H21BrN2O2. The zero-order valence-electron chi connectivity index (χ0n) is 15.9. The maximum Gasteiger partial charge on any atom is 0.269 e. The van der Waals surface area contributed by atoms with Gasteiger partial charge in [-0.3, -0.25) is 10.1 Å². The van der Waals surface area contributed by atoms with Crippen molar-refractivity contribution in [2.24, 2.45) is 11.8 Å². The molecular weight excluding hydrogens is 428 g/mol. The average Bonchev–Trinajstić information content (AvgIpc) is 3.37. The maximum atomic E-state index is 11.1. The number of nitrogens with zero attached hydrogens (tertiary/aromatic N) is 2. The summed E-state index contributed by atoms with van der Waals surface area (Å²) in [6, 6.07) is 12.1. The molecule has 0 spiro atoms. The van der Waals surface area contributed by atoms with Crippen molar-refractivity contribution in [2.45, 2.75) is 30.7 Å². The van der Waals surface area contributed by atoms with E-state index >= 15 is 0 Å². The van der Waals surface area contributed by atoms with E-state index < -0.39 is 0 Å². The Morgan fingerprint density at radius 1 is 1.00 bits per heavy atom. The summed E-state index contributed by atoms with van der Waals surface area (Å²) >= 11 is 3.77. The van der Waals surface area contributed by atoms with E-state index in [2.05, 4.69) is 57.3 Å². The van der Waals surface area contributed by atoms with Crippen LogP contribution in [0.2, 0.25) is 0 Å². The number of nitro benzene ring substituents is 1. The Morgan fingerprint density at radius 2 is 1.69 bits per heavy atom. The number of hydrogen-bond donors (Lipinski definition) is 0. The summed E-state index contributed by atoms with van der Waals surface area (Å²) in [6.07, 6.45) is 11.6. The van der Waals surface area contributed by atoms with E-state index in [-0.39, 0.29) is 16.7 Å². The molecule has 2 aromatic rings. The molecule has 2 heterocycles. The monoisotopic (exact) mass is 448 g/mol. The fourth-order valence-corrected chi connectivity index (χ4v) is 6.60. The molecule has 5 heteroatoms. The van der Waals surface area contributed by atoms with Crippen LogP contribution in [-0.2, 0) is 0 Å². The molecule has 0 fully saturated rings. The minimum Gasteiger partial charge on any atom is -0.363 e. The summed E-state index contributed by atoms with van der Waals surface area (Å²) in [6.45, 7) is 1.05. The lowest BCUT2D eigenvalue weighted by atomic mass is 9.71. The Labute approximate surface area is 178 Å². The molecule has 2 aliphatic heterocycles. The molecule has 4 nitrogen and oxygen atoms in total. The van der Waals surface area contributed by atoms with Crippen LogP contribution < -0.4 is 4.90 Å². The lowest BCUT2D eigenvalue weighted by molar-refractivity contribution is -0.384. The molecule has 0 saturated heterocycles. The zero-order valence-corrected chi connectivity index (χ0v) is 17.5. The van der Waals surface area contributed by atoms with Crippen molar-refractivity contribution in [1.82, 2.24) is 0 Å². The van der Waals surface area contributed by atoms with Crippen molar-refractivity contribution in [2.75, 3.05) is 11.4 Å². The van der Waals surface area contributed by atoms with E-state index in [1.54, 1.807) is 12.1 Å². The van der Waals surface area contributed by atoms with Crippen LogP contribution in [0.5, 0.6) is 0 Å². The van der Waals surface area contributed by atoms with E-state index in [9.17, 15) is 10.1 Å². The molecule has 0 unspecified atom stereocenters. The van der Waals surface area contributed by atoms with Crippen LogP contribution in [-0.4, -0.2) is 11.5 Å². The van der Waals surface area contributed by atoms with E-state index in [0.29, 0.717) is 23.7 Å². The smallest absolute Gasteiger partial charge is 0.269 e. The molecule has 5 atom stereocenters. The molecule has 4 aliphatic rings. The van der Waals surface area contributed by atoms with Gasteiger partial charge in [0.15, 0.2) is 0 Å². The quantitative estimate of drug-likeness (QED) is 0.309. The van der Waals surface area contributed by atoms with Gasteiger partial charge in [-0.05, 0) is 53.5 Å². The first-order valence-corrected chi connectivity index (χ1v) is 11.1. The normalized spacial score (nSPS) is 30.8. The van der Waals surface area contributed by atoms with Gasteiger partial charge in [-0.15, -0.1) is 0 Å². The first-order valence-electron chi connectivity index (χ1n) is 10.3. The minimum atomic E-state index is -0.314. The largest absolute Gasteiger partial charge is 0.363 e. The van der Waals surface area contributed by atoms with Crippen molar-refractivity contribution in [3.05, 3.63) is 92.0 Å². The second-order valence-electron chi connectivity index (χ2n) is 8.68. The van der Waals surface area contributed by atoms with E-state index in [1.165, 1.54) is 26.9 Å². The van der Waals surface area contributed by atoms with Gasteiger partial charge in [0, 0.05) is 40.7 Å². The van der Waals surface area contributed by atoms with Crippen molar-refractivity contribution in [1.29, 1.82) is 0 Å². The summed E-state index contributed by atoms with van der Waals surface area (Å²) in [7, 11) is 0. The topological polar surface area (TPSA) is 46.4 Å². The van der Waals surface area contributed by atoms with Crippen molar-refractivity contribution >= 4 is 27.3 Å². The Hall–Kier alpha value is -2.40. The van der Waals surface area contributed by atoms with Gasteiger partial charge >= 0.3 is 0 Å². The summed E-state index contributed by atoms with van der Waals surface area (Å²) in [5, 5.41) is 11.1. The van der Waals surface area contributed by atoms with Gasteiger partial charge in [-0.1, -0.05) is 52.4 Å². The maximum absolute atomic E-state index is 11.1. The molecule has 29 heavy (non-hydrogen) atoms. The van der Waals surface area contributed by atoms with Gasteiger partial charge in [-0.25, -0.2) is 0 Å². The number of non-ortho nitro benzene ring substituents is 1. The number of hydrogen-bond acceptors (Lipinski definition) is 3. The highest BCUT2D eigenvalue weighted by molar-refractivity contribution is 9.10. The van der Waals surface area contributed by atoms with Crippen molar-refractivity contribution in [3.63, 3.8) is 0 Å². The molecule has 2 aromatic carbocycles. The number of nitro groups is 1. The predicted molar refractivity (Wildman–Crippen MR) is 117 cm³/mol. The number of benzene rings is 2. The first kappa shape index (κ1) is 17.5. The summed E-state index contributed by atoms with van der Waals surface area (Å²) in [5.41, 5.74) is 5.62. The highest BCUT2D eigenvalue weighted by atomic mass is 79.9. The summed E-state index contributed by atoms with van der Waals surface area (Å²) in [4.78, 5) is 13.5. The molecule has 2 aliphatic carbocycles. The SMILES string of the molecule is O=[N+]([O-])c1ccc([C@H]2[C@@H]3CC=C[C@@H]3c3cc(Br)cc4c3N2C[C@@H]2CC=C[C@@H]42)cc1. The van der Waals surface area contributed by atoms with Crippen LogP contribution in [0, 0.1) is 22.0 Å². The van der Waals surface area contributed by atoms with Crippen molar-refractivity contribution < 1.29 is 4.92 Å². The first-order chi connectivity index (χ1) is 14.1. The third kappa shape index (κ3) is 2.49. The molecule has 0 radical (unpaired) electrons. The second kappa shape index (κ2) is 6.30. The van der Waals surface area contributed by atoms with Crippen LogP contribution in [0.4, 0.5) is 11.4 Å². The number of anilines is 1. The minimum absolute atomic E-state index is 0.161. The van der Waals surface area contributed by atoms with Gasteiger partial charge in [0.2, 0.25) is 0 Å². The van der Waals surface area contributed by atoms with Crippen LogP contribution in [0.25, 0.3) is 0 Å². The van der Waals surface area contributed by atoms with Crippen LogP contribution in [0.15, 0.2) is 65.2 Å². The predicted octanol–water partition coefficient (Wildman–Crippen LogP) is 6.25. The standard InChI is InChI=1S/C24H21BrN2O2/c25-16-11-21-18-4-1-3-15(18)13-26-23(14-7-9-17(10-8-14)27(28)29)20-6-2-5-19(20)22(12-16)24(21)26/h1-2,4-5,7-12,15,18-20,23H,3,6,13H2/t15-,18+,19-,20+,23-/m0/s1. The molecule has 0 saturated carbocycles. The highest BCUT2D eigenvalue weighted by Crippen LogP contribution is 2.59. The lowest BCUT2D eigenvalue weighted by Gasteiger charge is -2.51. The molecule has 0 aromatic heterocycles. The van der Waals surface area contributed by atoms with Crippen LogP contribution in [0.1, 0.15) is 47.4 Å². The van der Waals surface area contributed by atoms with Gasteiger partial charge in [-0.2, -0.15) is 0 Å². The average molecular weight is 449 g/mol. The number of fused-ring (bicyclic) bond motifs is 4. The van der Waals surface area contributed by atoms with Gasteiger partial charge in [0.25, 0.3) is 5.69 Å². The molecule has 0 bridgehead atoms. The number of rotatable bonds is 2. The van der Waals surface area contributed by atoms with Crippen molar-refractivity contribution in [3.8, 4) is 0 Å². The molecule has 6 rings (SSSR count). The summed E-state index contributed by atoms with van der Waals surface area (Å²) in [5.74, 6) is 1.98. The number of allylic oxidation sites excluding steroid dienone is 4. The molecule has 146 valence electrons. The molecule has 0 N–H and O–H groups in total. The third-order valence-electron chi connectivity index (χ3n) is 7.26. The third-order valence-corrected chi connectivity index (χ3v) is 7.72. The van der Waals surface area contributed by atoms with Gasteiger partial charge < -0.3 is 4.90 Å². The number of halogens is 1. The highest BCUT2D eigenvalue weighted by Gasteiger charge is 2.47. The Bertz CT molecular complexity index is 1060. The van der Waals surface area contributed by atoms with Crippen LogP contribution in [0.3, 0.4) is 0 Å². The van der Waals surface area contributed by atoms with Crippen LogP contribution >= 0.6 is 15.9 Å². The fraction of sp³-hybridized carbons (Fsp3) is 0.333. The van der Waals surface area contributed by atoms with E-state index in [0.717, 1.165) is 19.4 Å². The Morgan fingerprint density at radius 3 is 2.45 bits per heavy atom. The Kier molecular flexibility index (Phi) is 3.79. The van der Waals surface area contributed by atoms with Gasteiger partial charge in [0.1, 0.15) is 0 Å². The van der Waals surface area contributed by atoms with E-state index in [4.69, 9.17) is 0 Å². The van der Waals surface area contributed by atoms with E-state index in [1.807, 2.05) is 12.1 Å². The molecule has 0 amide bonds. The van der Waals surface area contributed by atoms with Gasteiger partial charge in [0.05, 0.1) is 11.0 Å². The Balaban J connectivity index is 1.54. The lowest BCUT2D eigenvalue weighted by Crippen LogP contribution is -2.46.